The fraction of sp³-hybridized carbons (Fsp3) is 0.250. The maximum absolute atomic E-state index is 12.7. The van der Waals surface area contributed by atoms with Crippen molar-refractivity contribution in [3.05, 3.63) is 64.7 Å². The molecule has 1 heterocycles. The van der Waals surface area contributed by atoms with E-state index in [-0.39, 0.29) is 12.5 Å². The average molecular weight is 386 g/mol. The van der Waals surface area contributed by atoms with Gasteiger partial charge in [0.25, 0.3) is 5.91 Å². The summed E-state index contributed by atoms with van der Waals surface area (Å²) in [6.07, 6.45) is 0. The van der Waals surface area contributed by atoms with E-state index in [0.717, 1.165) is 16.0 Å². The highest BCUT2D eigenvalue weighted by molar-refractivity contribution is 6.30. The van der Waals surface area contributed by atoms with Crippen LogP contribution in [0.1, 0.15) is 18.1 Å². The Morgan fingerprint density at radius 3 is 2.33 bits per heavy atom. The largest absolute Gasteiger partial charge is 0.350 e. The van der Waals surface area contributed by atoms with Crippen LogP contribution in [0, 0.1) is 6.92 Å². The number of carbonyl (C=O) groups is 3. The van der Waals surface area contributed by atoms with Crippen molar-refractivity contribution < 1.29 is 14.4 Å². The van der Waals surface area contributed by atoms with E-state index >= 15 is 0 Å². The van der Waals surface area contributed by atoms with Gasteiger partial charge in [0.1, 0.15) is 12.6 Å². The van der Waals surface area contributed by atoms with Crippen molar-refractivity contribution in [2.45, 2.75) is 26.4 Å². The van der Waals surface area contributed by atoms with Crippen LogP contribution < -0.4 is 10.2 Å². The number of imide groups is 1. The lowest BCUT2D eigenvalue weighted by Crippen LogP contribution is -2.41. The first-order valence-electron chi connectivity index (χ1n) is 8.59. The third-order valence-corrected chi connectivity index (χ3v) is 4.72. The zero-order valence-electron chi connectivity index (χ0n) is 15.1. The monoisotopic (exact) mass is 385 g/mol. The molecule has 1 aliphatic heterocycles. The summed E-state index contributed by atoms with van der Waals surface area (Å²) in [5.74, 6) is -0.785. The smallest absolute Gasteiger partial charge is 0.332 e. The van der Waals surface area contributed by atoms with Crippen molar-refractivity contribution in [2.75, 3.05) is 11.4 Å². The zero-order chi connectivity index (χ0) is 19.6. The number of carbonyl (C=O) groups excluding carboxylic acids is 3. The summed E-state index contributed by atoms with van der Waals surface area (Å²) in [4.78, 5) is 39.8. The van der Waals surface area contributed by atoms with Crippen molar-refractivity contribution in [3.63, 3.8) is 0 Å². The van der Waals surface area contributed by atoms with E-state index in [4.69, 9.17) is 11.6 Å². The molecule has 1 N–H and O–H groups in total. The van der Waals surface area contributed by atoms with Crippen molar-refractivity contribution in [2.24, 2.45) is 0 Å². The number of nitrogens with one attached hydrogen (secondary N) is 1. The highest BCUT2D eigenvalue weighted by Crippen LogP contribution is 2.25. The molecule has 0 aliphatic carbocycles. The van der Waals surface area contributed by atoms with Crippen LogP contribution in [0.2, 0.25) is 5.02 Å². The van der Waals surface area contributed by atoms with E-state index in [1.807, 2.05) is 19.1 Å². The molecule has 2 aromatic carbocycles. The standard InChI is InChI=1S/C20H20ClN3O3/c1-13-3-9-17(10-4-13)24-14(2)19(26)23(20(24)27)12-18(25)22-11-15-5-7-16(21)8-6-15/h3-10,14H,11-12H2,1-2H3,(H,22,25)/t14-/m0/s1. The topological polar surface area (TPSA) is 69.7 Å². The molecule has 6 nitrogen and oxygen atoms in total. The molecule has 0 spiro atoms. The molecule has 0 radical (unpaired) electrons. The number of anilines is 1. The summed E-state index contributed by atoms with van der Waals surface area (Å²) in [6.45, 7) is 3.59. The molecule has 1 atom stereocenters. The van der Waals surface area contributed by atoms with Crippen LogP contribution >= 0.6 is 11.6 Å². The fourth-order valence-corrected chi connectivity index (χ4v) is 3.04. The molecular weight excluding hydrogens is 366 g/mol. The number of aryl methyl sites for hydroxylation is 1. The highest BCUT2D eigenvalue weighted by atomic mass is 35.5. The zero-order valence-corrected chi connectivity index (χ0v) is 15.9. The molecule has 4 amide bonds. The van der Waals surface area contributed by atoms with Crippen LogP contribution in [0.3, 0.4) is 0 Å². The normalized spacial score (nSPS) is 16.8. The Balaban J connectivity index is 1.64. The Hall–Kier alpha value is -2.86. The molecule has 0 unspecified atom stereocenters. The highest BCUT2D eigenvalue weighted by Gasteiger charge is 2.43. The Labute approximate surface area is 162 Å². The number of benzene rings is 2. The van der Waals surface area contributed by atoms with E-state index in [9.17, 15) is 14.4 Å². The van der Waals surface area contributed by atoms with Gasteiger partial charge in [0, 0.05) is 17.3 Å². The third-order valence-electron chi connectivity index (χ3n) is 4.46. The SMILES string of the molecule is Cc1ccc(N2C(=O)N(CC(=O)NCc3ccc(Cl)cc3)C(=O)[C@@H]2C)cc1. The predicted octanol–water partition coefficient (Wildman–Crippen LogP) is 3.12. The van der Waals surface area contributed by atoms with Gasteiger partial charge < -0.3 is 5.32 Å². The number of amides is 4. The van der Waals surface area contributed by atoms with E-state index in [0.29, 0.717) is 17.3 Å². The quantitative estimate of drug-likeness (QED) is 0.804. The first-order valence-corrected chi connectivity index (χ1v) is 8.97. The second kappa shape index (κ2) is 7.80. The molecule has 1 saturated heterocycles. The second-order valence-corrected chi connectivity index (χ2v) is 6.93. The molecular formula is C20H20ClN3O3. The molecule has 7 heteroatoms. The van der Waals surface area contributed by atoms with Gasteiger partial charge in [-0.15, -0.1) is 0 Å². The lowest BCUT2D eigenvalue weighted by Gasteiger charge is -2.19. The van der Waals surface area contributed by atoms with Gasteiger partial charge >= 0.3 is 6.03 Å². The first kappa shape index (κ1) is 18.9. The number of urea groups is 1. The van der Waals surface area contributed by atoms with Crippen molar-refractivity contribution in [3.8, 4) is 0 Å². The van der Waals surface area contributed by atoms with Crippen LogP contribution in [0.4, 0.5) is 10.5 Å². The summed E-state index contributed by atoms with van der Waals surface area (Å²) in [5.41, 5.74) is 2.57. The number of hydrogen-bond donors (Lipinski definition) is 1. The van der Waals surface area contributed by atoms with E-state index < -0.39 is 18.0 Å². The van der Waals surface area contributed by atoms with Crippen LogP contribution in [-0.2, 0) is 16.1 Å². The molecule has 140 valence electrons. The minimum Gasteiger partial charge on any atom is -0.350 e. The maximum atomic E-state index is 12.7. The Kier molecular flexibility index (Phi) is 5.46. The van der Waals surface area contributed by atoms with Gasteiger partial charge in [-0.3, -0.25) is 19.4 Å². The fourth-order valence-electron chi connectivity index (χ4n) is 2.91. The molecule has 2 aromatic rings. The third kappa shape index (κ3) is 4.11. The van der Waals surface area contributed by atoms with Crippen LogP contribution in [0.15, 0.2) is 48.5 Å². The Bertz CT molecular complexity index is 865. The van der Waals surface area contributed by atoms with E-state index in [1.54, 1.807) is 43.3 Å². The number of hydrogen-bond acceptors (Lipinski definition) is 3. The molecule has 1 aliphatic rings. The first-order chi connectivity index (χ1) is 12.9. The van der Waals surface area contributed by atoms with Crippen molar-refractivity contribution in [1.82, 2.24) is 10.2 Å². The van der Waals surface area contributed by atoms with Crippen molar-refractivity contribution in [1.29, 1.82) is 0 Å². The van der Waals surface area contributed by atoms with Crippen molar-refractivity contribution >= 4 is 35.1 Å². The van der Waals surface area contributed by atoms with Crippen LogP contribution in [-0.4, -0.2) is 35.3 Å². The summed E-state index contributed by atoms with van der Waals surface area (Å²) in [5, 5.41) is 3.33. The molecule has 0 bridgehead atoms. The van der Waals surface area contributed by atoms with E-state index in [2.05, 4.69) is 5.32 Å². The minimum atomic E-state index is -0.649. The maximum Gasteiger partial charge on any atom is 0.332 e. The lowest BCUT2D eigenvalue weighted by molar-refractivity contribution is -0.131. The lowest BCUT2D eigenvalue weighted by atomic mass is 10.2. The number of halogens is 1. The van der Waals surface area contributed by atoms with Crippen LogP contribution in [0.25, 0.3) is 0 Å². The summed E-state index contributed by atoms with van der Waals surface area (Å²) >= 11 is 5.83. The van der Waals surface area contributed by atoms with Gasteiger partial charge in [-0.1, -0.05) is 41.4 Å². The number of rotatable bonds is 5. The van der Waals surface area contributed by atoms with Gasteiger partial charge in [0.05, 0.1) is 0 Å². The summed E-state index contributed by atoms with van der Waals surface area (Å²) in [6, 6.07) is 13.3. The predicted molar refractivity (Wildman–Crippen MR) is 104 cm³/mol. The minimum absolute atomic E-state index is 0.295. The molecule has 0 aromatic heterocycles. The Morgan fingerprint density at radius 1 is 1.07 bits per heavy atom. The van der Waals surface area contributed by atoms with Gasteiger partial charge in [0.2, 0.25) is 5.91 Å². The van der Waals surface area contributed by atoms with Gasteiger partial charge in [-0.2, -0.15) is 0 Å². The summed E-state index contributed by atoms with van der Waals surface area (Å²) < 4.78 is 0. The van der Waals surface area contributed by atoms with Gasteiger partial charge in [-0.25, -0.2) is 4.79 Å². The molecule has 3 rings (SSSR count). The summed E-state index contributed by atoms with van der Waals surface area (Å²) in [7, 11) is 0. The number of nitrogens with zero attached hydrogens (tertiary/aromatic N) is 2. The van der Waals surface area contributed by atoms with Crippen LogP contribution in [0.5, 0.6) is 0 Å². The van der Waals surface area contributed by atoms with Gasteiger partial charge in [-0.05, 0) is 43.7 Å². The second-order valence-electron chi connectivity index (χ2n) is 6.49. The van der Waals surface area contributed by atoms with Gasteiger partial charge in [0.15, 0.2) is 0 Å². The molecule has 27 heavy (non-hydrogen) atoms. The average Bonchev–Trinajstić information content (AvgIpc) is 2.86. The Morgan fingerprint density at radius 2 is 1.70 bits per heavy atom. The van der Waals surface area contributed by atoms with E-state index in [1.165, 1.54) is 4.90 Å². The molecule has 0 saturated carbocycles. The molecule has 1 fully saturated rings.